The van der Waals surface area contributed by atoms with E-state index < -0.39 is 0 Å². The van der Waals surface area contributed by atoms with Gasteiger partial charge in [-0.1, -0.05) is 19.1 Å². The number of aliphatic imine (C=N–C) groups is 1. The van der Waals surface area contributed by atoms with Gasteiger partial charge in [-0.2, -0.15) is 0 Å². The molecule has 154 valence electrons. The van der Waals surface area contributed by atoms with Crippen LogP contribution in [0.2, 0.25) is 0 Å². The van der Waals surface area contributed by atoms with Crippen molar-refractivity contribution in [1.29, 1.82) is 0 Å². The van der Waals surface area contributed by atoms with Gasteiger partial charge in [0.1, 0.15) is 0 Å². The van der Waals surface area contributed by atoms with Gasteiger partial charge in [-0.25, -0.2) is 4.99 Å². The summed E-state index contributed by atoms with van der Waals surface area (Å²) in [6.07, 6.45) is 3.47. The summed E-state index contributed by atoms with van der Waals surface area (Å²) in [6.45, 7) is 8.44. The van der Waals surface area contributed by atoms with E-state index in [0.717, 1.165) is 57.0 Å². The minimum Gasteiger partial charge on any atom is -0.357 e. The van der Waals surface area contributed by atoms with Crippen LogP contribution in [0.15, 0.2) is 29.3 Å². The van der Waals surface area contributed by atoms with Crippen LogP contribution >= 0.6 is 0 Å². The van der Waals surface area contributed by atoms with Crippen LogP contribution in [0.5, 0.6) is 0 Å². The molecule has 0 aromatic heterocycles. The van der Waals surface area contributed by atoms with E-state index >= 15 is 0 Å². The third kappa shape index (κ3) is 7.21. The Bertz CT molecular complexity index is 675. The molecule has 0 bridgehead atoms. The molecular formula is C21H33N5O2. The topological polar surface area (TPSA) is 85.8 Å². The second-order valence-corrected chi connectivity index (χ2v) is 6.92. The first-order chi connectivity index (χ1) is 13.6. The second kappa shape index (κ2) is 12.0. The third-order valence-electron chi connectivity index (χ3n) is 4.56. The van der Waals surface area contributed by atoms with Crippen LogP contribution in [-0.2, 0) is 11.3 Å². The highest BCUT2D eigenvalue weighted by atomic mass is 16.2. The molecule has 1 aromatic rings. The second-order valence-electron chi connectivity index (χ2n) is 6.92. The molecule has 2 amide bonds. The van der Waals surface area contributed by atoms with Crippen molar-refractivity contribution in [2.75, 3.05) is 32.7 Å². The van der Waals surface area contributed by atoms with Gasteiger partial charge in [-0.15, -0.1) is 0 Å². The molecule has 1 saturated heterocycles. The highest BCUT2D eigenvalue weighted by molar-refractivity contribution is 5.94. The minimum absolute atomic E-state index is 0.0471. The van der Waals surface area contributed by atoms with Crippen LogP contribution in [0.1, 0.15) is 55.5 Å². The van der Waals surface area contributed by atoms with E-state index in [9.17, 15) is 9.59 Å². The highest BCUT2D eigenvalue weighted by Gasteiger charge is 2.18. The van der Waals surface area contributed by atoms with E-state index in [2.05, 4.69) is 20.9 Å². The fourth-order valence-corrected chi connectivity index (χ4v) is 3.08. The lowest BCUT2D eigenvalue weighted by atomic mass is 10.1. The maximum Gasteiger partial charge on any atom is 0.251 e. The number of nitrogens with one attached hydrogen (secondary N) is 3. The lowest BCUT2D eigenvalue weighted by molar-refractivity contribution is -0.127. The van der Waals surface area contributed by atoms with Crippen molar-refractivity contribution in [3.63, 3.8) is 0 Å². The Labute approximate surface area is 168 Å². The zero-order valence-electron chi connectivity index (χ0n) is 17.1. The monoisotopic (exact) mass is 387 g/mol. The summed E-state index contributed by atoms with van der Waals surface area (Å²) < 4.78 is 0. The standard InChI is InChI=1S/C21H33N5O2/c1-3-11-23-20(28)18-9-5-8-17(15-18)16-25-21(22-4-2)24-12-7-14-26-13-6-10-19(26)27/h5,8-9,15H,3-4,6-7,10-14,16H2,1-2H3,(H,23,28)(H2,22,24,25). The molecule has 1 heterocycles. The molecule has 0 spiro atoms. The smallest absolute Gasteiger partial charge is 0.251 e. The van der Waals surface area contributed by atoms with Gasteiger partial charge in [0.2, 0.25) is 5.91 Å². The van der Waals surface area contributed by atoms with E-state index in [1.54, 1.807) is 0 Å². The number of benzene rings is 1. The Morgan fingerprint density at radius 3 is 2.75 bits per heavy atom. The van der Waals surface area contributed by atoms with Gasteiger partial charge in [0, 0.05) is 44.7 Å². The first-order valence-corrected chi connectivity index (χ1v) is 10.3. The third-order valence-corrected chi connectivity index (χ3v) is 4.56. The molecule has 0 atom stereocenters. The van der Waals surface area contributed by atoms with Gasteiger partial charge >= 0.3 is 0 Å². The van der Waals surface area contributed by atoms with Crippen molar-refractivity contribution >= 4 is 17.8 Å². The maximum absolute atomic E-state index is 12.1. The molecule has 1 aliphatic heterocycles. The summed E-state index contributed by atoms with van der Waals surface area (Å²) in [5, 5.41) is 9.45. The van der Waals surface area contributed by atoms with Crippen molar-refractivity contribution in [1.82, 2.24) is 20.9 Å². The average Bonchev–Trinajstić information content (AvgIpc) is 3.12. The van der Waals surface area contributed by atoms with Gasteiger partial charge in [0.15, 0.2) is 5.96 Å². The number of carbonyl (C=O) groups excluding carboxylic acids is 2. The van der Waals surface area contributed by atoms with Crippen LogP contribution in [0.4, 0.5) is 0 Å². The molecule has 0 aliphatic carbocycles. The molecule has 7 nitrogen and oxygen atoms in total. The minimum atomic E-state index is -0.0471. The number of likely N-dealkylation sites (tertiary alicyclic amines) is 1. The quantitative estimate of drug-likeness (QED) is 0.325. The van der Waals surface area contributed by atoms with Gasteiger partial charge in [0.25, 0.3) is 5.91 Å². The highest BCUT2D eigenvalue weighted by Crippen LogP contribution is 2.09. The summed E-state index contributed by atoms with van der Waals surface area (Å²) in [6, 6.07) is 7.57. The molecular weight excluding hydrogens is 354 g/mol. The fourth-order valence-electron chi connectivity index (χ4n) is 3.08. The molecule has 1 fully saturated rings. The van der Waals surface area contributed by atoms with E-state index in [1.165, 1.54) is 0 Å². The fraction of sp³-hybridized carbons (Fsp3) is 0.571. The summed E-state index contributed by atoms with van der Waals surface area (Å²) in [5.41, 5.74) is 1.65. The molecule has 0 unspecified atom stereocenters. The van der Waals surface area contributed by atoms with Crippen molar-refractivity contribution in [2.24, 2.45) is 4.99 Å². The van der Waals surface area contributed by atoms with E-state index in [-0.39, 0.29) is 11.8 Å². The lowest BCUT2D eigenvalue weighted by Gasteiger charge is -2.16. The first-order valence-electron chi connectivity index (χ1n) is 10.3. The number of amides is 2. The van der Waals surface area contributed by atoms with Crippen molar-refractivity contribution < 1.29 is 9.59 Å². The number of rotatable bonds is 10. The molecule has 3 N–H and O–H groups in total. The number of nitrogens with zero attached hydrogens (tertiary/aromatic N) is 2. The molecule has 7 heteroatoms. The molecule has 0 saturated carbocycles. The summed E-state index contributed by atoms with van der Waals surface area (Å²) >= 11 is 0. The number of hydrogen-bond donors (Lipinski definition) is 3. The summed E-state index contributed by atoms with van der Waals surface area (Å²) in [5.74, 6) is 0.966. The Hall–Kier alpha value is -2.57. The first kappa shape index (κ1) is 21.7. The SMILES string of the molecule is CCCNC(=O)c1cccc(CN=C(NCC)NCCCN2CCCC2=O)c1. The van der Waals surface area contributed by atoms with E-state index in [4.69, 9.17) is 0 Å². The zero-order chi connectivity index (χ0) is 20.2. The molecule has 2 rings (SSSR count). The predicted molar refractivity (Wildman–Crippen MR) is 112 cm³/mol. The van der Waals surface area contributed by atoms with Crippen LogP contribution in [0.25, 0.3) is 0 Å². The Morgan fingerprint density at radius 1 is 1.18 bits per heavy atom. The zero-order valence-corrected chi connectivity index (χ0v) is 17.1. The molecule has 28 heavy (non-hydrogen) atoms. The molecule has 1 aliphatic rings. The van der Waals surface area contributed by atoms with Crippen molar-refractivity contribution in [2.45, 2.75) is 46.1 Å². The predicted octanol–water partition coefficient (Wildman–Crippen LogP) is 1.89. The van der Waals surface area contributed by atoms with Crippen LogP contribution in [-0.4, -0.2) is 55.4 Å². The van der Waals surface area contributed by atoms with Crippen molar-refractivity contribution in [3.8, 4) is 0 Å². The average molecular weight is 388 g/mol. The normalized spacial score (nSPS) is 14.3. The number of carbonyl (C=O) groups is 2. The molecule has 0 radical (unpaired) electrons. The summed E-state index contributed by atoms with van der Waals surface area (Å²) in [7, 11) is 0. The Kier molecular flexibility index (Phi) is 9.31. The van der Waals surface area contributed by atoms with Gasteiger partial charge in [-0.05, 0) is 43.9 Å². The van der Waals surface area contributed by atoms with Gasteiger partial charge < -0.3 is 20.9 Å². The van der Waals surface area contributed by atoms with E-state index in [1.807, 2.05) is 43.0 Å². The Balaban J connectivity index is 1.84. The summed E-state index contributed by atoms with van der Waals surface area (Å²) in [4.78, 5) is 30.3. The lowest BCUT2D eigenvalue weighted by Crippen LogP contribution is -2.39. The molecule has 1 aromatic carbocycles. The van der Waals surface area contributed by atoms with Crippen LogP contribution in [0, 0.1) is 0 Å². The van der Waals surface area contributed by atoms with Gasteiger partial charge in [0.05, 0.1) is 6.54 Å². The van der Waals surface area contributed by atoms with Crippen molar-refractivity contribution in [3.05, 3.63) is 35.4 Å². The van der Waals surface area contributed by atoms with Gasteiger partial charge in [-0.3, -0.25) is 9.59 Å². The largest absolute Gasteiger partial charge is 0.357 e. The maximum atomic E-state index is 12.1. The van der Waals surface area contributed by atoms with Crippen LogP contribution in [0.3, 0.4) is 0 Å². The number of guanidine groups is 1. The van der Waals surface area contributed by atoms with E-state index in [0.29, 0.717) is 25.1 Å². The Morgan fingerprint density at radius 2 is 2.04 bits per heavy atom. The van der Waals surface area contributed by atoms with Crippen LogP contribution < -0.4 is 16.0 Å². The number of hydrogen-bond acceptors (Lipinski definition) is 3.